The van der Waals surface area contributed by atoms with Crippen molar-refractivity contribution in [3.63, 3.8) is 0 Å². The Kier molecular flexibility index (Phi) is 8.33. The highest BCUT2D eigenvalue weighted by Crippen LogP contribution is 2.36. The molecule has 1 N–H and O–H groups in total. The molecule has 0 aliphatic carbocycles. The Morgan fingerprint density at radius 3 is 2.30 bits per heavy atom. The van der Waals surface area contributed by atoms with Crippen LogP contribution in [-0.4, -0.2) is 24.5 Å². The van der Waals surface area contributed by atoms with Gasteiger partial charge in [0.1, 0.15) is 12.2 Å². The minimum Gasteiger partial charge on any atom is -0.490 e. The molecule has 3 aromatic carbocycles. The first-order valence-electron chi connectivity index (χ1n) is 11.5. The highest BCUT2D eigenvalue weighted by Gasteiger charge is 2.37. The Bertz CT molecular complexity index is 1400. The second-order valence-electron chi connectivity index (χ2n) is 8.48. The van der Waals surface area contributed by atoms with Gasteiger partial charge in [0.2, 0.25) is 0 Å². The summed E-state index contributed by atoms with van der Waals surface area (Å²) in [5.74, 6) is -0.385. The zero-order valence-electron chi connectivity index (χ0n) is 20.4. The summed E-state index contributed by atoms with van der Waals surface area (Å²) in [7, 11) is 0. The van der Waals surface area contributed by atoms with Crippen LogP contribution >= 0.6 is 38.5 Å². The Morgan fingerprint density at radius 1 is 0.973 bits per heavy atom. The number of urea groups is 1. The molecule has 0 saturated carbocycles. The van der Waals surface area contributed by atoms with Crippen LogP contribution in [0.15, 0.2) is 64.6 Å². The van der Waals surface area contributed by atoms with Crippen molar-refractivity contribution in [2.75, 3.05) is 11.5 Å². The molecule has 0 radical (unpaired) electrons. The number of barbiturate groups is 1. The van der Waals surface area contributed by atoms with Crippen LogP contribution in [0.1, 0.15) is 29.2 Å². The maximum absolute atomic E-state index is 13.3. The van der Waals surface area contributed by atoms with Crippen molar-refractivity contribution in [2.24, 2.45) is 0 Å². The Labute approximate surface area is 237 Å². The Balaban J connectivity index is 1.67. The van der Waals surface area contributed by atoms with Gasteiger partial charge in [-0.1, -0.05) is 34.1 Å². The van der Waals surface area contributed by atoms with Crippen LogP contribution in [-0.2, 0) is 16.2 Å². The molecule has 0 unspecified atom stereocenters. The van der Waals surface area contributed by atoms with E-state index in [0.717, 1.165) is 29.6 Å². The molecular weight excluding hydrogens is 651 g/mol. The van der Waals surface area contributed by atoms with Crippen LogP contribution in [0.5, 0.6) is 11.5 Å². The summed E-state index contributed by atoms with van der Waals surface area (Å²) in [5.41, 5.74) is 3.60. The molecule has 37 heavy (non-hydrogen) atoms. The number of rotatable bonds is 7. The smallest absolute Gasteiger partial charge is 0.335 e. The first-order valence-corrected chi connectivity index (χ1v) is 13.4. The normalized spacial score (nSPS) is 14.7. The maximum atomic E-state index is 13.3. The lowest BCUT2D eigenvalue weighted by Crippen LogP contribution is -2.54. The Hall–Kier alpha value is -3.18. The van der Waals surface area contributed by atoms with Gasteiger partial charge in [-0.05, 0) is 108 Å². The van der Waals surface area contributed by atoms with Gasteiger partial charge in [0.15, 0.2) is 11.5 Å². The fourth-order valence-corrected chi connectivity index (χ4v) is 4.99. The number of nitrogens with zero attached hydrogens (tertiary/aromatic N) is 1. The monoisotopic (exact) mass is 674 g/mol. The molecule has 0 atom stereocenters. The van der Waals surface area contributed by atoms with Crippen LogP contribution in [0.3, 0.4) is 0 Å². The van der Waals surface area contributed by atoms with E-state index in [0.29, 0.717) is 36.0 Å². The SMILES string of the molecule is CCOc1cc(/C=C2\C(=O)NC(=O)N(c3cc(C)cc(C)c3)C2=O)cc(I)c1OCc1ccc(Br)cc1. The number of carbonyl (C=O) groups is 3. The van der Waals surface area contributed by atoms with Gasteiger partial charge in [-0.25, -0.2) is 9.69 Å². The van der Waals surface area contributed by atoms with Crippen molar-refractivity contribution >= 4 is 68.1 Å². The summed E-state index contributed by atoms with van der Waals surface area (Å²) in [6, 6.07) is 15.9. The molecule has 0 aromatic heterocycles. The Morgan fingerprint density at radius 2 is 1.65 bits per heavy atom. The molecule has 0 bridgehead atoms. The molecule has 4 rings (SSSR count). The van der Waals surface area contributed by atoms with Gasteiger partial charge in [-0.3, -0.25) is 14.9 Å². The zero-order valence-corrected chi connectivity index (χ0v) is 24.2. The highest BCUT2D eigenvalue weighted by atomic mass is 127. The van der Waals surface area contributed by atoms with Crippen molar-refractivity contribution in [3.05, 3.63) is 90.5 Å². The van der Waals surface area contributed by atoms with Crippen LogP contribution in [0, 0.1) is 17.4 Å². The van der Waals surface area contributed by atoms with Crippen LogP contribution in [0.2, 0.25) is 0 Å². The molecule has 1 fully saturated rings. The predicted octanol–water partition coefficient (Wildman–Crippen LogP) is 6.31. The van der Waals surface area contributed by atoms with Gasteiger partial charge in [0, 0.05) is 4.47 Å². The molecule has 190 valence electrons. The number of hydrogen-bond acceptors (Lipinski definition) is 5. The molecule has 9 heteroatoms. The number of nitrogens with one attached hydrogen (secondary N) is 1. The number of amides is 4. The van der Waals surface area contributed by atoms with Gasteiger partial charge in [-0.15, -0.1) is 0 Å². The van der Waals surface area contributed by atoms with Gasteiger partial charge >= 0.3 is 6.03 Å². The first kappa shape index (κ1) is 26.9. The van der Waals surface area contributed by atoms with E-state index in [2.05, 4.69) is 43.8 Å². The molecule has 1 heterocycles. The largest absolute Gasteiger partial charge is 0.490 e. The number of imide groups is 2. The summed E-state index contributed by atoms with van der Waals surface area (Å²) in [6.07, 6.45) is 1.46. The molecule has 1 saturated heterocycles. The van der Waals surface area contributed by atoms with Crippen LogP contribution in [0.4, 0.5) is 10.5 Å². The number of ether oxygens (including phenoxy) is 2. The number of anilines is 1. The standard InChI is InChI=1S/C28H24BrIN2O5/c1-4-36-24-14-19(13-23(30)25(24)37-15-18-5-7-20(29)8-6-18)12-22-26(33)31-28(35)32(27(22)34)21-10-16(2)9-17(3)11-21/h5-14H,4,15H2,1-3H3,(H,31,33,35)/b22-12+. The maximum Gasteiger partial charge on any atom is 0.335 e. The number of halogens is 2. The summed E-state index contributed by atoms with van der Waals surface area (Å²) >= 11 is 5.56. The van der Waals surface area contributed by atoms with Crippen molar-refractivity contribution in [3.8, 4) is 11.5 Å². The number of carbonyl (C=O) groups excluding carboxylic acids is 3. The van der Waals surface area contributed by atoms with E-state index in [1.54, 1.807) is 24.3 Å². The van der Waals surface area contributed by atoms with E-state index >= 15 is 0 Å². The molecule has 7 nitrogen and oxygen atoms in total. The first-order chi connectivity index (χ1) is 17.7. The fraction of sp³-hybridized carbons (Fsp3) is 0.179. The van der Waals surface area contributed by atoms with Gasteiger partial charge in [0.25, 0.3) is 11.8 Å². The number of aryl methyl sites for hydroxylation is 2. The third-order valence-corrected chi connectivity index (χ3v) is 6.84. The molecule has 0 spiro atoms. The third-order valence-electron chi connectivity index (χ3n) is 5.51. The minimum absolute atomic E-state index is 0.152. The number of benzene rings is 3. The number of hydrogen-bond donors (Lipinski definition) is 1. The van der Waals surface area contributed by atoms with Crippen molar-refractivity contribution < 1.29 is 23.9 Å². The predicted molar refractivity (Wildman–Crippen MR) is 154 cm³/mol. The van der Waals surface area contributed by atoms with E-state index < -0.39 is 17.8 Å². The zero-order chi connectivity index (χ0) is 26.7. The summed E-state index contributed by atoms with van der Waals surface area (Å²) in [4.78, 5) is 39.6. The van der Waals surface area contributed by atoms with Crippen LogP contribution in [0.25, 0.3) is 6.08 Å². The lowest BCUT2D eigenvalue weighted by Gasteiger charge is -2.27. The quantitative estimate of drug-likeness (QED) is 0.180. The fourth-order valence-electron chi connectivity index (χ4n) is 3.95. The van der Waals surface area contributed by atoms with E-state index in [9.17, 15) is 14.4 Å². The molecule has 3 aromatic rings. The molecule has 4 amide bonds. The molecule has 1 aliphatic heterocycles. The minimum atomic E-state index is -0.779. The molecule has 1 aliphatic rings. The second kappa shape index (κ2) is 11.5. The van der Waals surface area contributed by atoms with Crippen molar-refractivity contribution in [1.82, 2.24) is 5.32 Å². The van der Waals surface area contributed by atoms with E-state index in [1.165, 1.54) is 6.08 Å². The van der Waals surface area contributed by atoms with Gasteiger partial charge in [0.05, 0.1) is 15.9 Å². The van der Waals surface area contributed by atoms with E-state index in [4.69, 9.17) is 9.47 Å². The summed E-state index contributed by atoms with van der Waals surface area (Å²) < 4.78 is 13.6. The van der Waals surface area contributed by atoms with E-state index in [-0.39, 0.29) is 5.57 Å². The lowest BCUT2D eigenvalue weighted by atomic mass is 10.0. The third kappa shape index (κ3) is 6.22. The van der Waals surface area contributed by atoms with Gasteiger partial charge < -0.3 is 9.47 Å². The summed E-state index contributed by atoms with van der Waals surface area (Å²) in [5, 5.41) is 2.27. The average molecular weight is 675 g/mol. The summed E-state index contributed by atoms with van der Waals surface area (Å²) in [6.45, 7) is 6.36. The molecular formula is C28H24BrIN2O5. The van der Waals surface area contributed by atoms with Crippen molar-refractivity contribution in [1.29, 1.82) is 0 Å². The lowest BCUT2D eigenvalue weighted by molar-refractivity contribution is -0.122. The van der Waals surface area contributed by atoms with Crippen LogP contribution < -0.4 is 19.7 Å². The van der Waals surface area contributed by atoms with Gasteiger partial charge in [-0.2, -0.15) is 0 Å². The highest BCUT2D eigenvalue weighted by molar-refractivity contribution is 14.1. The average Bonchev–Trinajstić information content (AvgIpc) is 2.82. The topological polar surface area (TPSA) is 84.9 Å². The van der Waals surface area contributed by atoms with E-state index in [1.807, 2.05) is 51.1 Å². The second-order valence-corrected chi connectivity index (χ2v) is 10.6. The van der Waals surface area contributed by atoms with Crippen molar-refractivity contribution in [2.45, 2.75) is 27.4 Å².